The van der Waals surface area contributed by atoms with E-state index < -0.39 is 11.7 Å². The topological polar surface area (TPSA) is 66.4 Å². The number of hydrogen-bond donors (Lipinski definition) is 2. The zero-order valence-electron chi connectivity index (χ0n) is 4.12. The fourth-order valence-corrected chi connectivity index (χ4v) is 0.0787. The van der Waals surface area contributed by atoms with Gasteiger partial charge in [0.25, 0.3) is 0 Å². The monoisotopic (exact) mass is 159 g/mol. The van der Waals surface area contributed by atoms with E-state index in [0.29, 0.717) is 0 Å². The standard InChI is InChI=1S/C3H5NO3.Fe/c1-2(5)3(6)4-7;/h7H,1H3,(H,4,6);. The Hall–Kier alpha value is -0.381. The summed E-state index contributed by atoms with van der Waals surface area (Å²) < 4.78 is 0. The third-order valence-corrected chi connectivity index (χ3v) is 0.421. The summed E-state index contributed by atoms with van der Waals surface area (Å²) in [4.78, 5) is 19.6. The largest absolute Gasteiger partial charge is 0.310 e. The van der Waals surface area contributed by atoms with Crippen molar-refractivity contribution < 1.29 is 31.9 Å². The molecule has 0 saturated carbocycles. The molecule has 0 radical (unpaired) electrons. The van der Waals surface area contributed by atoms with Gasteiger partial charge in [0.15, 0.2) is 0 Å². The molecule has 0 atom stereocenters. The number of amides is 1. The van der Waals surface area contributed by atoms with Gasteiger partial charge < -0.3 is 0 Å². The van der Waals surface area contributed by atoms with E-state index in [1.54, 1.807) is 0 Å². The predicted molar refractivity (Wildman–Crippen MR) is 20.6 cm³/mol. The van der Waals surface area contributed by atoms with Gasteiger partial charge in [-0.2, -0.15) is 0 Å². The molecule has 0 heterocycles. The molecule has 4 nitrogen and oxygen atoms in total. The zero-order valence-corrected chi connectivity index (χ0v) is 5.22. The summed E-state index contributed by atoms with van der Waals surface area (Å²) >= 11 is 0. The van der Waals surface area contributed by atoms with Crippen LogP contribution in [0.3, 0.4) is 0 Å². The molecule has 0 unspecified atom stereocenters. The minimum atomic E-state index is -0.986. The first-order valence-electron chi connectivity index (χ1n) is 1.63. The van der Waals surface area contributed by atoms with Crippen LogP contribution in [0.2, 0.25) is 0 Å². The molecule has 1 amide bonds. The van der Waals surface area contributed by atoms with Gasteiger partial charge in [0, 0.05) is 24.0 Å². The Labute approximate surface area is 56.7 Å². The second kappa shape index (κ2) is 4.77. The Morgan fingerprint density at radius 1 is 1.50 bits per heavy atom. The number of hydrogen-bond acceptors (Lipinski definition) is 3. The molecule has 5 heteroatoms. The molecule has 0 rings (SSSR count). The number of nitrogens with one attached hydrogen (secondary N) is 1. The maximum absolute atomic E-state index is 9.80. The van der Waals surface area contributed by atoms with Crippen molar-refractivity contribution in [3.63, 3.8) is 0 Å². The summed E-state index contributed by atoms with van der Waals surface area (Å²) in [6.45, 7) is 1.06. The van der Waals surface area contributed by atoms with Crippen LogP contribution in [0.15, 0.2) is 0 Å². The minimum Gasteiger partial charge on any atom is -0.289 e. The van der Waals surface area contributed by atoms with Gasteiger partial charge in [-0.1, -0.05) is 0 Å². The average Bonchev–Trinajstić information content (AvgIpc) is 1.65. The number of rotatable bonds is 1. The normalized spacial score (nSPS) is 6.75. The number of Topliss-reactive ketones (excluding diaryl/α,β-unsaturated/α-hetero) is 1. The summed E-state index contributed by atoms with van der Waals surface area (Å²) in [5, 5.41) is 7.68. The van der Waals surface area contributed by atoms with Crippen LogP contribution in [0.25, 0.3) is 0 Å². The van der Waals surface area contributed by atoms with Crippen molar-refractivity contribution in [2.75, 3.05) is 0 Å². The first kappa shape index (κ1) is 10.6. The number of carbonyl (C=O) groups excluding carboxylic acids is 2. The van der Waals surface area contributed by atoms with Crippen LogP contribution >= 0.6 is 0 Å². The quantitative estimate of drug-likeness (QED) is 0.225. The maximum Gasteiger partial charge on any atom is 0.310 e. The van der Waals surface area contributed by atoms with Gasteiger partial charge >= 0.3 is 5.91 Å². The van der Waals surface area contributed by atoms with Crippen LogP contribution in [0.5, 0.6) is 0 Å². The fourth-order valence-electron chi connectivity index (χ4n) is 0.0787. The molecule has 0 aromatic rings. The van der Waals surface area contributed by atoms with Gasteiger partial charge in [-0.05, 0) is 0 Å². The predicted octanol–water partition coefficient (Wildman–Crippen LogP) is -0.922. The minimum absolute atomic E-state index is 0. The van der Waals surface area contributed by atoms with Crippen molar-refractivity contribution in [2.45, 2.75) is 6.92 Å². The summed E-state index contributed by atoms with van der Waals surface area (Å²) in [6, 6.07) is 0. The SMILES string of the molecule is CC(=O)C(=O)NO.[Fe]. The Morgan fingerprint density at radius 3 is 1.88 bits per heavy atom. The summed E-state index contributed by atoms with van der Waals surface area (Å²) in [5.41, 5.74) is 1.18. The van der Waals surface area contributed by atoms with E-state index in [-0.39, 0.29) is 17.1 Å². The maximum atomic E-state index is 9.80. The summed E-state index contributed by atoms with van der Waals surface area (Å²) in [6.07, 6.45) is 0. The van der Waals surface area contributed by atoms with Gasteiger partial charge in [0.1, 0.15) is 0 Å². The van der Waals surface area contributed by atoms with E-state index in [1.807, 2.05) is 0 Å². The molecule has 0 aromatic carbocycles. The third-order valence-electron chi connectivity index (χ3n) is 0.421. The fraction of sp³-hybridized carbons (Fsp3) is 0.333. The van der Waals surface area contributed by atoms with E-state index >= 15 is 0 Å². The third kappa shape index (κ3) is 3.80. The molecule has 0 spiro atoms. The summed E-state index contributed by atoms with van der Waals surface area (Å²) in [5.74, 6) is -1.69. The van der Waals surface area contributed by atoms with Gasteiger partial charge in [-0.3, -0.25) is 14.8 Å². The first-order chi connectivity index (χ1) is 3.18. The van der Waals surface area contributed by atoms with Crippen LogP contribution in [0.1, 0.15) is 6.92 Å². The molecule has 48 valence electrons. The Kier molecular flexibility index (Phi) is 6.30. The van der Waals surface area contributed by atoms with E-state index in [1.165, 1.54) is 5.48 Å². The molecule has 0 bridgehead atoms. The van der Waals surface area contributed by atoms with Crippen LogP contribution < -0.4 is 5.48 Å². The molecule has 0 aliphatic rings. The Bertz CT molecular complexity index is 103. The van der Waals surface area contributed by atoms with Crippen molar-refractivity contribution in [1.82, 2.24) is 5.48 Å². The van der Waals surface area contributed by atoms with Gasteiger partial charge in [0.2, 0.25) is 5.78 Å². The van der Waals surface area contributed by atoms with Gasteiger partial charge in [-0.25, -0.2) is 5.48 Å². The Balaban J connectivity index is 0. The molecule has 0 fully saturated rings. The van der Waals surface area contributed by atoms with Gasteiger partial charge in [0.05, 0.1) is 0 Å². The van der Waals surface area contributed by atoms with Gasteiger partial charge in [-0.15, -0.1) is 0 Å². The molecule has 2 N–H and O–H groups in total. The van der Waals surface area contributed by atoms with Crippen molar-refractivity contribution in [1.29, 1.82) is 0 Å². The van der Waals surface area contributed by atoms with Crippen LogP contribution in [-0.2, 0) is 26.7 Å². The molecule has 0 saturated heterocycles. The van der Waals surface area contributed by atoms with Crippen LogP contribution in [-0.4, -0.2) is 16.9 Å². The molecule has 0 aliphatic carbocycles. The molecular formula is C3H5FeNO3. The number of ketones is 1. The van der Waals surface area contributed by atoms with Crippen molar-refractivity contribution in [3.8, 4) is 0 Å². The van der Waals surface area contributed by atoms with E-state index in [0.717, 1.165) is 6.92 Å². The molecular weight excluding hydrogens is 154 g/mol. The zero-order chi connectivity index (χ0) is 5.86. The number of carbonyl (C=O) groups is 2. The number of hydroxylamine groups is 1. The Morgan fingerprint density at radius 2 is 1.88 bits per heavy atom. The first-order valence-corrected chi connectivity index (χ1v) is 1.63. The van der Waals surface area contributed by atoms with E-state index in [2.05, 4.69) is 0 Å². The van der Waals surface area contributed by atoms with Crippen LogP contribution in [0.4, 0.5) is 0 Å². The van der Waals surface area contributed by atoms with E-state index in [9.17, 15) is 9.59 Å². The smallest absolute Gasteiger partial charge is 0.289 e. The molecule has 0 aliphatic heterocycles. The summed E-state index contributed by atoms with van der Waals surface area (Å²) in [7, 11) is 0. The van der Waals surface area contributed by atoms with Crippen LogP contribution in [0, 0.1) is 0 Å². The van der Waals surface area contributed by atoms with E-state index in [4.69, 9.17) is 5.21 Å². The second-order valence-corrected chi connectivity index (χ2v) is 0.997. The second-order valence-electron chi connectivity index (χ2n) is 0.997. The van der Waals surface area contributed by atoms with Crippen molar-refractivity contribution in [2.24, 2.45) is 0 Å². The molecule has 8 heavy (non-hydrogen) atoms. The van der Waals surface area contributed by atoms with Crippen molar-refractivity contribution in [3.05, 3.63) is 0 Å². The molecule has 0 aromatic heterocycles. The average molecular weight is 159 g/mol. The van der Waals surface area contributed by atoms with Crippen molar-refractivity contribution >= 4 is 11.7 Å².